The predicted octanol–water partition coefficient (Wildman–Crippen LogP) is 2.16. The highest BCUT2D eigenvalue weighted by Crippen LogP contribution is 2.27. The van der Waals surface area contributed by atoms with Gasteiger partial charge in [-0.2, -0.15) is 0 Å². The third-order valence-electron chi connectivity index (χ3n) is 5.45. The molecule has 1 amide bonds. The van der Waals surface area contributed by atoms with Crippen LogP contribution in [0.15, 0.2) is 4.99 Å². The van der Waals surface area contributed by atoms with Gasteiger partial charge in [0.2, 0.25) is 5.91 Å². The van der Waals surface area contributed by atoms with Gasteiger partial charge in [-0.15, -0.1) is 24.0 Å². The molecule has 164 valence electrons. The van der Waals surface area contributed by atoms with Crippen LogP contribution in [0.25, 0.3) is 0 Å². The molecule has 2 aliphatic rings. The van der Waals surface area contributed by atoms with E-state index < -0.39 is 14.6 Å². The van der Waals surface area contributed by atoms with E-state index >= 15 is 0 Å². The Balaban J connectivity index is 0.00000392. The van der Waals surface area contributed by atoms with Gasteiger partial charge in [-0.1, -0.05) is 12.8 Å². The fourth-order valence-corrected chi connectivity index (χ4v) is 4.55. The number of aliphatic imine (C=N–C) groups is 1. The molecule has 1 aliphatic carbocycles. The van der Waals surface area contributed by atoms with Crippen molar-refractivity contribution in [2.24, 2.45) is 10.9 Å². The van der Waals surface area contributed by atoms with Crippen LogP contribution in [0.3, 0.4) is 0 Å². The molecule has 7 nitrogen and oxygen atoms in total. The van der Waals surface area contributed by atoms with Crippen LogP contribution in [0.1, 0.15) is 59.8 Å². The molecule has 1 atom stereocenters. The molecule has 1 aliphatic heterocycles. The summed E-state index contributed by atoms with van der Waals surface area (Å²) in [7, 11) is -3.18. The summed E-state index contributed by atoms with van der Waals surface area (Å²) in [6, 6.07) is 0.160. The van der Waals surface area contributed by atoms with E-state index in [4.69, 9.17) is 0 Å². The third kappa shape index (κ3) is 7.03. The maximum absolute atomic E-state index is 12.6. The monoisotopic (exact) mass is 528 g/mol. The minimum Gasteiger partial charge on any atom is -0.357 e. The predicted molar refractivity (Wildman–Crippen MR) is 125 cm³/mol. The van der Waals surface area contributed by atoms with Gasteiger partial charge in [-0.3, -0.25) is 9.79 Å². The second-order valence-corrected chi connectivity index (χ2v) is 11.4. The smallest absolute Gasteiger partial charge is 0.225 e. The number of amides is 1. The second-order valence-electron chi connectivity index (χ2n) is 8.59. The number of sulfone groups is 1. The zero-order valence-corrected chi connectivity index (χ0v) is 20.8. The molecular weight excluding hydrogens is 491 g/mol. The van der Waals surface area contributed by atoms with Gasteiger partial charge in [0.05, 0.1) is 17.0 Å². The molecule has 0 aromatic rings. The normalized spacial score (nSPS) is 21.5. The molecule has 0 spiro atoms. The standard InChI is InChI=1S/C19H36N4O3S.HI/c1-5-20-18(21-11-13-27(25,26)19(2,3)4)22-16-10-12-23(14-16)17(24)15-8-6-7-9-15;/h15-16H,5-14H2,1-4H3,(H2,20,21,22);1H. The van der Waals surface area contributed by atoms with Crippen molar-refractivity contribution >= 4 is 45.7 Å². The van der Waals surface area contributed by atoms with Gasteiger partial charge in [0.1, 0.15) is 0 Å². The third-order valence-corrected chi connectivity index (χ3v) is 8.04. The Hall–Kier alpha value is -0.580. The van der Waals surface area contributed by atoms with Crippen LogP contribution in [-0.2, 0) is 14.6 Å². The summed E-state index contributed by atoms with van der Waals surface area (Å²) in [5.41, 5.74) is 0. The average Bonchev–Trinajstić information content (AvgIpc) is 3.25. The maximum atomic E-state index is 12.6. The lowest BCUT2D eigenvalue weighted by molar-refractivity contribution is -0.134. The molecule has 0 aromatic carbocycles. The van der Waals surface area contributed by atoms with E-state index in [0.29, 0.717) is 25.0 Å². The number of halogens is 1. The Bertz CT molecular complexity index is 640. The fourth-order valence-electron chi connectivity index (χ4n) is 3.61. The number of hydrogen-bond acceptors (Lipinski definition) is 4. The zero-order chi connectivity index (χ0) is 20.1. The quantitative estimate of drug-likeness (QED) is 0.313. The van der Waals surface area contributed by atoms with E-state index in [-0.39, 0.29) is 48.2 Å². The zero-order valence-electron chi connectivity index (χ0n) is 17.7. The summed E-state index contributed by atoms with van der Waals surface area (Å²) in [5.74, 6) is 1.18. The summed E-state index contributed by atoms with van der Waals surface area (Å²) in [6.07, 6.45) is 5.28. The number of carbonyl (C=O) groups is 1. The molecule has 28 heavy (non-hydrogen) atoms. The molecule has 1 saturated heterocycles. The average molecular weight is 529 g/mol. The molecule has 0 bridgehead atoms. The van der Waals surface area contributed by atoms with Crippen molar-refractivity contribution in [1.29, 1.82) is 0 Å². The first kappa shape index (κ1) is 25.5. The molecule has 9 heteroatoms. The molecule has 1 heterocycles. The number of nitrogens with zero attached hydrogens (tertiary/aromatic N) is 2. The molecule has 2 rings (SSSR count). The second kappa shape index (κ2) is 11.0. The van der Waals surface area contributed by atoms with Crippen molar-refractivity contribution in [2.75, 3.05) is 31.9 Å². The molecular formula is C19H37IN4O3S. The molecule has 1 saturated carbocycles. The minimum absolute atomic E-state index is 0. The summed E-state index contributed by atoms with van der Waals surface area (Å²) < 4.78 is 23.7. The van der Waals surface area contributed by atoms with Crippen LogP contribution in [0.5, 0.6) is 0 Å². The van der Waals surface area contributed by atoms with Gasteiger partial charge in [0.15, 0.2) is 15.8 Å². The number of hydrogen-bond donors (Lipinski definition) is 2. The van der Waals surface area contributed by atoms with E-state index in [1.165, 1.54) is 12.8 Å². The molecule has 2 N–H and O–H groups in total. The van der Waals surface area contributed by atoms with E-state index in [9.17, 15) is 13.2 Å². The molecule has 0 aromatic heterocycles. The van der Waals surface area contributed by atoms with Crippen molar-refractivity contribution in [3.8, 4) is 0 Å². The van der Waals surface area contributed by atoms with Gasteiger partial charge < -0.3 is 15.5 Å². The number of likely N-dealkylation sites (tertiary alicyclic amines) is 1. The van der Waals surface area contributed by atoms with Gasteiger partial charge >= 0.3 is 0 Å². The van der Waals surface area contributed by atoms with Crippen molar-refractivity contribution in [2.45, 2.75) is 70.6 Å². The highest BCUT2D eigenvalue weighted by atomic mass is 127. The SMILES string of the molecule is CCNC(=NCCS(=O)(=O)C(C)(C)C)NC1CCN(C(=O)C2CCCC2)C1.I. The van der Waals surface area contributed by atoms with E-state index in [2.05, 4.69) is 15.6 Å². The van der Waals surface area contributed by atoms with Gasteiger partial charge in [-0.05, 0) is 47.0 Å². The molecule has 0 radical (unpaired) electrons. The number of rotatable bonds is 6. The largest absolute Gasteiger partial charge is 0.357 e. The topological polar surface area (TPSA) is 90.9 Å². The van der Waals surface area contributed by atoms with Crippen LogP contribution >= 0.6 is 24.0 Å². The first-order chi connectivity index (χ1) is 12.6. The minimum atomic E-state index is -3.18. The maximum Gasteiger partial charge on any atom is 0.225 e. The van der Waals surface area contributed by atoms with Crippen LogP contribution < -0.4 is 10.6 Å². The molecule has 1 unspecified atom stereocenters. The van der Waals surface area contributed by atoms with Crippen LogP contribution in [-0.4, -0.2) is 67.9 Å². The van der Waals surface area contributed by atoms with Gasteiger partial charge in [0, 0.05) is 31.6 Å². The van der Waals surface area contributed by atoms with Crippen LogP contribution in [0, 0.1) is 5.92 Å². The van der Waals surface area contributed by atoms with Crippen molar-refractivity contribution in [1.82, 2.24) is 15.5 Å². The Kier molecular flexibility index (Phi) is 9.99. The van der Waals surface area contributed by atoms with Gasteiger partial charge in [-0.25, -0.2) is 8.42 Å². The number of guanidine groups is 1. The fraction of sp³-hybridized carbons (Fsp3) is 0.895. The van der Waals surface area contributed by atoms with E-state index in [1.807, 2.05) is 11.8 Å². The summed E-state index contributed by atoms with van der Waals surface area (Å²) in [4.78, 5) is 19.0. The lowest BCUT2D eigenvalue weighted by Crippen LogP contribution is -2.45. The van der Waals surface area contributed by atoms with Crippen molar-refractivity contribution in [3.05, 3.63) is 0 Å². The number of nitrogens with one attached hydrogen (secondary N) is 2. The molecule has 2 fully saturated rings. The van der Waals surface area contributed by atoms with E-state index in [0.717, 1.165) is 25.8 Å². The summed E-state index contributed by atoms with van der Waals surface area (Å²) >= 11 is 0. The van der Waals surface area contributed by atoms with Crippen molar-refractivity contribution < 1.29 is 13.2 Å². The van der Waals surface area contributed by atoms with E-state index in [1.54, 1.807) is 20.8 Å². The Morgan fingerprint density at radius 3 is 2.39 bits per heavy atom. The van der Waals surface area contributed by atoms with Crippen LogP contribution in [0.4, 0.5) is 0 Å². The highest BCUT2D eigenvalue weighted by molar-refractivity contribution is 14.0. The lowest BCUT2D eigenvalue weighted by atomic mass is 10.1. The summed E-state index contributed by atoms with van der Waals surface area (Å²) in [6.45, 7) is 9.53. The lowest BCUT2D eigenvalue weighted by Gasteiger charge is -2.22. The first-order valence-electron chi connectivity index (χ1n) is 10.2. The number of carbonyl (C=O) groups excluding carboxylic acids is 1. The van der Waals surface area contributed by atoms with Gasteiger partial charge in [0.25, 0.3) is 0 Å². The summed E-state index contributed by atoms with van der Waals surface area (Å²) in [5, 5.41) is 6.54. The first-order valence-corrected chi connectivity index (χ1v) is 11.8. The Morgan fingerprint density at radius 1 is 1.18 bits per heavy atom. The highest BCUT2D eigenvalue weighted by Gasteiger charge is 2.32. The van der Waals surface area contributed by atoms with Crippen LogP contribution in [0.2, 0.25) is 0 Å². The Labute approximate surface area is 187 Å². The van der Waals surface area contributed by atoms with Crippen molar-refractivity contribution in [3.63, 3.8) is 0 Å². The Morgan fingerprint density at radius 2 is 1.82 bits per heavy atom.